The van der Waals surface area contributed by atoms with E-state index in [9.17, 15) is 23.1 Å². The minimum Gasteiger partial charge on any atom is -0.495 e. The molecule has 1 aromatic carbocycles. The van der Waals surface area contributed by atoms with Gasteiger partial charge in [0.2, 0.25) is 10.0 Å². The van der Waals surface area contributed by atoms with Gasteiger partial charge in [-0.3, -0.25) is 4.72 Å². The first-order valence-corrected chi connectivity index (χ1v) is 9.39. The summed E-state index contributed by atoms with van der Waals surface area (Å²) in [5, 5.41) is 25.8. The zero-order chi connectivity index (χ0) is 21.3. The Kier molecular flexibility index (Phi) is 8.16. The molecule has 0 amide bonds. The number of carbonyl (C=O) groups is 2. The molecule has 0 saturated carbocycles. The number of carboxylic acid groups (broad SMARTS) is 2. The number of aromatic amines is 1. The first kappa shape index (κ1) is 22.7. The molecule has 12 heteroatoms. The first-order valence-electron chi connectivity index (χ1n) is 7.50. The van der Waals surface area contributed by atoms with E-state index in [0.29, 0.717) is 29.2 Å². The van der Waals surface area contributed by atoms with E-state index in [1.165, 1.54) is 19.5 Å². The van der Waals surface area contributed by atoms with Crippen LogP contribution in [0.5, 0.6) is 5.75 Å². The van der Waals surface area contributed by atoms with E-state index in [1.807, 2.05) is 0 Å². The Morgan fingerprint density at radius 1 is 1.25 bits per heavy atom. The second-order valence-electron chi connectivity index (χ2n) is 5.24. The lowest BCUT2D eigenvalue weighted by molar-refractivity contribution is -0.134. The van der Waals surface area contributed by atoms with Crippen molar-refractivity contribution in [2.45, 2.75) is 6.10 Å². The predicted molar refractivity (Wildman–Crippen MR) is 98.5 cm³/mol. The third-order valence-electron chi connectivity index (χ3n) is 3.00. The molecule has 0 bridgehead atoms. The van der Waals surface area contributed by atoms with Gasteiger partial charge in [-0.05, 0) is 17.7 Å². The molecular formula is C16H19N3O8S. The molecule has 0 aliphatic heterocycles. The SMILES string of the molecule is COc1ccc(C(O)c2c[nH]cn2)cc1NS(C)(=O)=O.O=C(O)C=CC(=O)O. The normalized spacial score (nSPS) is 12.0. The molecule has 0 saturated heterocycles. The quantitative estimate of drug-likeness (QED) is 0.406. The van der Waals surface area contributed by atoms with Crippen LogP contribution >= 0.6 is 0 Å². The van der Waals surface area contributed by atoms with Crippen molar-refractivity contribution >= 4 is 27.6 Å². The number of methoxy groups -OCH3 is 1. The maximum atomic E-state index is 11.3. The van der Waals surface area contributed by atoms with Crippen LogP contribution in [0.1, 0.15) is 17.4 Å². The number of ether oxygens (including phenoxy) is 1. The van der Waals surface area contributed by atoms with Crippen LogP contribution in [0, 0.1) is 0 Å². The van der Waals surface area contributed by atoms with E-state index in [1.54, 1.807) is 18.3 Å². The number of aromatic nitrogens is 2. The molecule has 1 atom stereocenters. The number of anilines is 1. The van der Waals surface area contributed by atoms with Crippen molar-refractivity contribution in [3.63, 3.8) is 0 Å². The number of aliphatic hydroxyl groups is 1. The van der Waals surface area contributed by atoms with Gasteiger partial charge in [-0.1, -0.05) is 6.07 Å². The molecule has 2 rings (SSSR count). The van der Waals surface area contributed by atoms with Crippen molar-refractivity contribution in [3.05, 3.63) is 54.1 Å². The number of sulfonamides is 1. The van der Waals surface area contributed by atoms with Crippen molar-refractivity contribution in [2.75, 3.05) is 18.1 Å². The van der Waals surface area contributed by atoms with Crippen LogP contribution in [-0.2, 0) is 19.6 Å². The zero-order valence-corrected chi connectivity index (χ0v) is 15.7. The number of nitrogens with one attached hydrogen (secondary N) is 2. The number of H-pyrrole nitrogens is 1. The molecular weight excluding hydrogens is 394 g/mol. The average molecular weight is 413 g/mol. The second-order valence-corrected chi connectivity index (χ2v) is 6.99. The molecule has 5 N–H and O–H groups in total. The summed E-state index contributed by atoms with van der Waals surface area (Å²) in [6.45, 7) is 0. The van der Waals surface area contributed by atoms with Gasteiger partial charge >= 0.3 is 11.9 Å². The Bertz CT molecular complexity index is 923. The van der Waals surface area contributed by atoms with E-state index >= 15 is 0 Å². The van der Waals surface area contributed by atoms with Crippen molar-refractivity contribution < 1.29 is 38.1 Å². The topological polar surface area (TPSA) is 179 Å². The van der Waals surface area contributed by atoms with Gasteiger partial charge in [-0.2, -0.15) is 0 Å². The van der Waals surface area contributed by atoms with Crippen molar-refractivity contribution in [3.8, 4) is 5.75 Å². The molecule has 0 aliphatic carbocycles. The van der Waals surface area contributed by atoms with Gasteiger partial charge in [0.05, 0.1) is 31.1 Å². The van der Waals surface area contributed by atoms with Crippen molar-refractivity contribution in [1.82, 2.24) is 9.97 Å². The number of aliphatic hydroxyl groups excluding tert-OH is 1. The highest BCUT2D eigenvalue weighted by molar-refractivity contribution is 7.92. The van der Waals surface area contributed by atoms with E-state index in [4.69, 9.17) is 14.9 Å². The Balaban J connectivity index is 0.000000416. The number of hydrogen-bond donors (Lipinski definition) is 5. The van der Waals surface area contributed by atoms with Gasteiger partial charge in [0, 0.05) is 18.3 Å². The molecule has 0 aliphatic rings. The van der Waals surface area contributed by atoms with Gasteiger partial charge in [-0.25, -0.2) is 23.0 Å². The highest BCUT2D eigenvalue weighted by atomic mass is 32.2. The Hall–Kier alpha value is -3.38. The second kappa shape index (κ2) is 10.1. The summed E-state index contributed by atoms with van der Waals surface area (Å²) < 4.78 is 30.1. The summed E-state index contributed by atoms with van der Waals surface area (Å²) in [6.07, 6.45) is 4.23. The number of nitrogens with zero attached hydrogens (tertiary/aromatic N) is 1. The van der Waals surface area contributed by atoms with Crippen LogP contribution in [0.3, 0.4) is 0 Å². The molecule has 1 heterocycles. The summed E-state index contributed by atoms with van der Waals surface area (Å²) in [5.74, 6) is -2.15. The standard InChI is InChI=1S/C12H15N3O4S.C4H4O4/c1-19-11-4-3-8(5-9(11)15-20(2,17)18)12(16)10-6-13-7-14-10;5-3(6)1-2-4(7)8/h3-7,12,15-16H,1-2H3,(H,13,14);1-2H,(H,5,6)(H,7,8). The minimum absolute atomic E-state index is 0.266. The summed E-state index contributed by atoms with van der Waals surface area (Å²) in [6, 6.07) is 4.74. The number of benzene rings is 1. The molecule has 0 radical (unpaired) electrons. The van der Waals surface area contributed by atoms with E-state index in [-0.39, 0.29) is 5.69 Å². The van der Waals surface area contributed by atoms with Gasteiger partial charge < -0.3 is 25.0 Å². The summed E-state index contributed by atoms with van der Waals surface area (Å²) in [5.41, 5.74) is 1.21. The Morgan fingerprint density at radius 3 is 2.29 bits per heavy atom. The highest BCUT2D eigenvalue weighted by Gasteiger charge is 2.16. The van der Waals surface area contributed by atoms with Crippen LogP contribution < -0.4 is 9.46 Å². The smallest absolute Gasteiger partial charge is 0.328 e. The zero-order valence-electron chi connectivity index (χ0n) is 14.9. The van der Waals surface area contributed by atoms with Crippen LogP contribution in [0.25, 0.3) is 0 Å². The molecule has 0 spiro atoms. The number of imidazole rings is 1. The molecule has 28 heavy (non-hydrogen) atoms. The van der Waals surface area contributed by atoms with E-state index < -0.39 is 28.1 Å². The van der Waals surface area contributed by atoms with Crippen LogP contribution in [0.15, 0.2) is 42.9 Å². The summed E-state index contributed by atoms with van der Waals surface area (Å²) in [4.78, 5) is 25.8. The molecule has 2 aromatic rings. The summed E-state index contributed by atoms with van der Waals surface area (Å²) >= 11 is 0. The fourth-order valence-corrected chi connectivity index (χ4v) is 2.47. The van der Waals surface area contributed by atoms with E-state index in [0.717, 1.165) is 6.26 Å². The third kappa shape index (κ3) is 7.88. The molecule has 1 unspecified atom stereocenters. The van der Waals surface area contributed by atoms with Gasteiger partial charge in [-0.15, -0.1) is 0 Å². The third-order valence-corrected chi connectivity index (χ3v) is 3.59. The van der Waals surface area contributed by atoms with Crippen LogP contribution in [0.2, 0.25) is 0 Å². The lowest BCUT2D eigenvalue weighted by atomic mass is 10.1. The molecule has 152 valence electrons. The number of carboxylic acids is 2. The Labute approximate surface area is 160 Å². The van der Waals surface area contributed by atoms with Crippen molar-refractivity contribution in [1.29, 1.82) is 0 Å². The van der Waals surface area contributed by atoms with Gasteiger partial charge in [0.15, 0.2) is 0 Å². The number of hydrogen-bond acceptors (Lipinski definition) is 7. The largest absolute Gasteiger partial charge is 0.495 e. The lowest BCUT2D eigenvalue weighted by Crippen LogP contribution is -2.11. The maximum Gasteiger partial charge on any atom is 0.328 e. The molecule has 11 nitrogen and oxygen atoms in total. The number of rotatable bonds is 7. The fourth-order valence-electron chi connectivity index (χ4n) is 1.91. The van der Waals surface area contributed by atoms with Gasteiger partial charge in [0.25, 0.3) is 0 Å². The maximum absolute atomic E-state index is 11.3. The monoisotopic (exact) mass is 413 g/mol. The molecule has 0 fully saturated rings. The minimum atomic E-state index is -3.44. The highest BCUT2D eigenvalue weighted by Crippen LogP contribution is 2.30. The Morgan fingerprint density at radius 2 is 1.86 bits per heavy atom. The predicted octanol–water partition coefficient (Wildman–Crippen LogP) is 0.583. The van der Waals surface area contributed by atoms with E-state index in [2.05, 4.69) is 14.7 Å². The first-order chi connectivity index (χ1) is 13.0. The average Bonchev–Trinajstić information content (AvgIpc) is 3.13. The fraction of sp³-hybridized carbons (Fsp3) is 0.188. The lowest BCUT2D eigenvalue weighted by Gasteiger charge is -2.14. The molecule has 1 aromatic heterocycles. The number of aliphatic carboxylic acids is 2. The van der Waals surface area contributed by atoms with Crippen LogP contribution in [0.4, 0.5) is 5.69 Å². The summed E-state index contributed by atoms with van der Waals surface area (Å²) in [7, 11) is -2.00. The van der Waals surface area contributed by atoms with Gasteiger partial charge in [0.1, 0.15) is 11.9 Å². The van der Waals surface area contributed by atoms with Crippen molar-refractivity contribution in [2.24, 2.45) is 0 Å². The van der Waals surface area contributed by atoms with Crippen LogP contribution in [-0.4, -0.2) is 59.0 Å².